The Morgan fingerprint density at radius 3 is 1.18 bits per heavy atom. The number of nitrogens with two attached hydrogens (primary N) is 3. The SMILES string of the molecule is CC(C)N1CCN(c2ccc(/C(=C(/CCCO)c3ccccc3)c3ccc(N=C(N)N)cc3)cc2)CC1.N=C(N)N1CCN(c2ccc(/C(=C(/CCCO)c3ccccc3)c3ccc(O)cc3)cc2)CC1.O=S(=O)(Nc1ccc(/C(=C(\CCCO)c2ccccc2)c2ccc(C3CCN(C4CC4)CC3)cc2)cc1)C1CC1. The van der Waals surface area contributed by atoms with Crippen LogP contribution in [0.2, 0.25) is 0 Å². The maximum Gasteiger partial charge on any atom is 0.235 e. The minimum absolute atomic E-state index is 0.0428. The van der Waals surface area contributed by atoms with Crippen LogP contribution in [0.5, 0.6) is 5.75 Å². The van der Waals surface area contributed by atoms with E-state index in [1.165, 1.54) is 66.7 Å². The Bertz CT molecular complexity index is 4680. The largest absolute Gasteiger partial charge is 0.508 e. The minimum atomic E-state index is -3.31. The molecule has 5 fully saturated rings. The molecule has 3 saturated heterocycles. The lowest BCUT2D eigenvalue weighted by molar-refractivity contribution is 0.203. The highest BCUT2D eigenvalue weighted by atomic mass is 32.2. The van der Waals surface area contributed by atoms with Crippen LogP contribution >= 0.6 is 0 Å². The Labute approximate surface area is 657 Å². The van der Waals surface area contributed by atoms with Crippen LogP contribution in [0.25, 0.3) is 33.4 Å². The molecule has 14 rings (SSSR count). The molecule has 18 heteroatoms. The van der Waals surface area contributed by atoms with E-state index in [1.54, 1.807) is 12.1 Å². The summed E-state index contributed by atoms with van der Waals surface area (Å²) in [7, 11) is -3.31. The molecule has 111 heavy (non-hydrogen) atoms. The van der Waals surface area contributed by atoms with Crippen molar-refractivity contribution in [3.63, 3.8) is 0 Å². The molecule has 580 valence electrons. The van der Waals surface area contributed by atoms with Crippen LogP contribution in [0.1, 0.15) is 152 Å². The predicted molar refractivity (Wildman–Crippen MR) is 459 cm³/mol. The molecule has 0 unspecified atom stereocenters. The number of benzene rings is 9. The third-order valence-electron chi connectivity index (χ3n) is 22.0. The number of phenolic OH excluding ortho intramolecular Hbond substituents is 1. The van der Waals surface area contributed by atoms with Crippen LogP contribution in [0.3, 0.4) is 0 Å². The number of nitrogens with zero attached hydrogens (tertiary/aromatic N) is 6. The van der Waals surface area contributed by atoms with Crippen molar-refractivity contribution in [2.45, 2.75) is 114 Å². The first kappa shape index (κ1) is 80.2. The molecule has 0 atom stereocenters. The van der Waals surface area contributed by atoms with E-state index in [9.17, 15) is 28.8 Å². The number of phenols is 1. The van der Waals surface area contributed by atoms with Crippen LogP contribution < -0.4 is 31.7 Å². The van der Waals surface area contributed by atoms with Crippen LogP contribution in [-0.4, -0.2) is 158 Å². The van der Waals surface area contributed by atoms with Crippen molar-refractivity contribution in [1.82, 2.24) is 14.7 Å². The maximum absolute atomic E-state index is 12.5. The Balaban J connectivity index is 0.000000155. The lowest BCUT2D eigenvalue weighted by atomic mass is 9.85. The number of hydrogen-bond acceptors (Lipinski definition) is 12. The van der Waals surface area contributed by atoms with Gasteiger partial charge in [0.1, 0.15) is 5.75 Å². The molecule has 0 aromatic heterocycles. The molecule has 9 aromatic rings. The zero-order valence-corrected chi connectivity index (χ0v) is 65.2. The molecule has 0 spiro atoms. The van der Waals surface area contributed by atoms with Crippen LogP contribution in [-0.2, 0) is 10.0 Å². The molecular weight excluding hydrogens is 1400 g/mol. The van der Waals surface area contributed by atoms with Gasteiger partial charge >= 0.3 is 0 Å². The highest BCUT2D eigenvalue weighted by molar-refractivity contribution is 7.93. The third-order valence-corrected chi connectivity index (χ3v) is 23.8. The molecule has 17 nitrogen and oxygen atoms in total. The summed E-state index contributed by atoms with van der Waals surface area (Å²) in [6, 6.07) is 82.3. The number of aromatic hydroxyl groups is 1. The fourth-order valence-electron chi connectivity index (χ4n) is 15.6. The predicted octanol–water partition coefficient (Wildman–Crippen LogP) is 15.7. The summed E-state index contributed by atoms with van der Waals surface area (Å²) in [5, 5.41) is 46.2. The van der Waals surface area contributed by atoms with E-state index in [1.807, 2.05) is 83.8 Å². The van der Waals surface area contributed by atoms with E-state index in [4.69, 9.17) is 22.6 Å². The second-order valence-electron chi connectivity index (χ2n) is 29.9. The van der Waals surface area contributed by atoms with Crippen molar-refractivity contribution < 1.29 is 28.8 Å². The molecular formula is C93H111N11O6S. The van der Waals surface area contributed by atoms with Crippen molar-refractivity contribution in [2.24, 2.45) is 22.2 Å². The fourth-order valence-corrected chi connectivity index (χ4v) is 17.0. The summed E-state index contributed by atoms with van der Waals surface area (Å²) in [6.07, 6.45) is 11.0. The first-order valence-corrected chi connectivity index (χ1v) is 41.3. The average molecular weight is 1510 g/mol. The number of aliphatic hydroxyl groups is 3. The lowest BCUT2D eigenvalue weighted by Crippen LogP contribution is -2.50. The molecule has 0 amide bonds. The molecule has 0 bridgehead atoms. The van der Waals surface area contributed by atoms with Crippen molar-refractivity contribution in [2.75, 3.05) is 99.8 Å². The summed E-state index contributed by atoms with van der Waals surface area (Å²) >= 11 is 0. The molecule has 2 aliphatic carbocycles. The van der Waals surface area contributed by atoms with E-state index in [-0.39, 0.29) is 42.7 Å². The van der Waals surface area contributed by atoms with Gasteiger partial charge in [-0.3, -0.25) is 15.0 Å². The zero-order valence-electron chi connectivity index (χ0n) is 64.4. The smallest absolute Gasteiger partial charge is 0.235 e. The molecule has 2 saturated carbocycles. The number of likely N-dealkylation sites (tertiary alicyclic amines) is 1. The van der Waals surface area contributed by atoms with Crippen LogP contribution in [0, 0.1) is 5.41 Å². The number of guanidine groups is 2. The number of rotatable bonds is 27. The molecule has 12 N–H and O–H groups in total. The van der Waals surface area contributed by atoms with Gasteiger partial charge in [0.05, 0.1) is 10.9 Å². The van der Waals surface area contributed by atoms with Crippen LogP contribution in [0.4, 0.5) is 22.7 Å². The van der Waals surface area contributed by atoms with Gasteiger partial charge in [-0.15, -0.1) is 0 Å². The topological polar surface area (TPSA) is 258 Å². The van der Waals surface area contributed by atoms with Gasteiger partial charge in [0.2, 0.25) is 10.0 Å². The van der Waals surface area contributed by atoms with E-state index < -0.39 is 10.0 Å². The van der Waals surface area contributed by atoms with Crippen molar-refractivity contribution in [3.05, 3.63) is 292 Å². The summed E-state index contributed by atoms with van der Waals surface area (Å²) in [5.41, 5.74) is 38.8. The maximum atomic E-state index is 12.5. The number of anilines is 3. The highest BCUT2D eigenvalue weighted by Gasteiger charge is 2.36. The van der Waals surface area contributed by atoms with E-state index >= 15 is 0 Å². The van der Waals surface area contributed by atoms with E-state index in [2.05, 4.69) is 189 Å². The number of sulfonamides is 1. The molecule has 3 heterocycles. The third kappa shape index (κ3) is 21.8. The summed E-state index contributed by atoms with van der Waals surface area (Å²) in [5.74, 6) is 1.02. The number of hydrogen-bond donors (Lipinski definition) is 9. The van der Waals surface area contributed by atoms with Crippen molar-refractivity contribution >= 4 is 78.1 Å². The standard InChI is InChI=1S/C34H40N2O3S.C31H39N5O.C28H32N4O2/c37-24-4-7-33(27-5-2-1-3-6-27)34(29-12-14-30(15-13-29)35-40(38,39)32-18-19-32)28-10-8-25(9-11-28)26-20-22-36(23-21-26)31-16-17-31;1-23(2)35-18-20-36(21-19-35)28-16-12-26(13-17-28)30(25-10-14-27(15-11-25)34-31(32)33)29(9-6-22-37)24-7-4-3-5-8-24;29-28(30)32-18-16-31(17-19-32)24-12-8-22(9-13-24)27(23-10-14-25(34)15-11-23)26(7-4-20-33)21-5-2-1-3-6-21/h1-3,5-6,8-15,26,31-32,35,37H,4,7,16-24H2;3-5,7-8,10-17,23,37H,6,9,18-22H2,1-2H3,(H4,32,33,34);1-3,5-6,8-15,33-34H,4,7,16-20H2,(H3,29,30)/b34-33+;30-29-;27-26+. The first-order valence-electron chi connectivity index (χ1n) is 39.7. The molecule has 3 aliphatic heterocycles. The normalized spacial score (nSPS) is 16.4. The number of piperazine rings is 2. The van der Waals surface area contributed by atoms with Gasteiger partial charge in [-0.1, -0.05) is 176 Å². The minimum Gasteiger partial charge on any atom is -0.508 e. The van der Waals surface area contributed by atoms with Crippen molar-refractivity contribution in [1.29, 1.82) is 5.41 Å². The van der Waals surface area contributed by atoms with Gasteiger partial charge in [-0.2, -0.15) is 0 Å². The van der Waals surface area contributed by atoms with E-state index in [0.29, 0.717) is 36.9 Å². The second-order valence-corrected chi connectivity index (χ2v) is 31.9. The summed E-state index contributed by atoms with van der Waals surface area (Å²) < 4.78 is 27.7. The number of aliphatic hydroxyl groups excluding tert-OH is 3. The molecule has 5 aliphatic rings. The number of piperidine rings is 1. The number of aliphatic imine (C=N–C) groups is 1. The molecule has 0 radical (unpaired) electrons. The number of nitrogens with one attached hydrogen (secondary N) is 2. The van der Waals surface area contributed by atoms with Gasteiger partial charge in [0.15, 0.2) is 11.9 Å². The summed E-state index contributed by atoms with van der Waals surface area (Å²) in [4.78, 5) is 16.1. The summed E-state index contributed by atoms with van der Waals surface area (Å²) in [6.45, 7) is 14.8. The van der Waals surface area contributed by atoms with Gasteiger partial charge in [0.25, 0.3) is 0 Å². The van der Waals surface area contributed by atoms with E-state index in [0.717, 1.165) is 169 Å². The number of allylic oxidation sites excluding steroid dienone is 3. The zero-order chi connectivity index (χ0) is 77.6. The fraction of sp³-hybridized carbons (Fsp3) is 0.333. The average Bonchev–Trinajstić information content (AvgIpc) is 1.54. The van der Waals surface area contributed by atoms with Crippen LogP contribution in [0.15, 0.2) is 242 Å². The second kappa shape index (κ2) is 39.0. The van der Waals surface area contributed by atoms with Gasteiger partial charge in [-0.05, 0) is 260 Å². The molecule has 9 aromatic carbocycles. The Morgan fingerprint density at radius 2 is 0.820 bits per heavy atom. The Kier molecular flexibility index (Phi) is 28.2. The van der Waals surface area contributed by atoms with Gasteiger partial charge < -0.3 is 57.2 Å². The highest BCUT2D eigenvalue weighted by Crippen LogP contribution is 2.42. The monoisotopic (exact) mass is 1510 g/mol. The van der Waals surface area contributed by atoms with Gasteiger partial charge in [-0.25, -0.2) is 13.4 Å². The quantitative estimate of drug-likeness (QED) is 0.0132. The lowest BCUT2D eigenvalue weighted by Gasteiger charge is -2.38. The van der Waals surface area contributed by atoms with Crippen molar-refractivity contribution in [3.8, 4) is 5.75 Å². The first-order chi connectivity index (χ1) is 54.0. The Hall–Kier alpha value is -10.3. The van der Waals surface area contributed by atoms with Gasteiger partial charge in [0, 0.05) is 101 Å². The Morgan fingerprint density at radius 1 is 0.450 bits per heavy atom.